The highest BCUT2D eigenvalue weighted by molar-refractivity contribution is 5.67. The fourth-order valence-corrected chi connectivity index (χ4v) is 1.87. The molecule has 1 rings (SSSR count). The van der Waals surface area contributed by atoms with Crippen molar-refractivity contribution in [2.75, 3.05) is 13.1 Å². The van der Waals surface area contributed by atoms with Crippen molar-refractivity contribution in [1.82, 2.24) is 10.6 Å². The van der Waals surface area contributed by atoms with E-state index < -0.39 is 5.60 Å². The van der Waals surface area contributed by atoms with Crippen molar-refractivity contribution in [3.63, 3.8) is 0 Å². The number of hydrogen-bond donors (Lipinski definition) is 2. The lowest BCUT2D eigenvalue weighted by Gasteiger charge is -2.19. The Kier molecular flexibility index (Phi) is 6.52. The minimum atomic E-state index is -0.447. The zero-order chi connectivity index (χ0) is 15.0. The molecule has 0 aliphatic rings. The van der Waals surface area contributed by atoms with Crippen molar-refractivity contribution >= 4 is 6.09 Å². The number of hydrogen-bond acceptors (Lipinski definition) is 3. The summed E-state index contributed by atoms with van der Waals surface area (Å²) in [5, 5.41) is 6.05. The van der Waals surface area contributed by atoms with E-state index in [1.165, 1.54) is 11.1 Å². The molecule has 0 saturated carbocycles. The molecule has 1 amide bonds. The molecule has 0 heterocycles. The van der Waals surface area contributed by atoms with Crippen LogP contribution in [0.1, 0.15) is 38.8 Å². The van der Waals surface area contributed by atoms with Crippen LogP contribution in [0.3, 0.4) is 0 Å². The third-order valence-corrected chi connectivity index (χ3v) is 2.78. The maximum atomic E-state index is 11.4. The second-order valence-corrected chi connectivity index (χ2v) is 5.73. The highest BCUT2D eigenvalue weighted by Gasteiger charge is 2.15. The van der Waals surface area contributed by atoms with Gasteiger partial charge in [0.05, 0.1) is 0 Å². The molecule has 0 spiro atoms. The molecule has 0 bridgehead atoms. The highest BCUT2D eigenvalue weighted by atomic mass is 16.6. The summed E-state index contributed by atoms with van der Waals surface area (Å²) >= 11 is 0. The van der Waals surface area contributed by atoms with Crippen LogP contribution < -0.4 is 10.6 Å². The molecule has 20 heavy (non-hydrogen) atoms. The van der Waals surface area contributed by atoms with Gasteiger partial charge in [-0.25, -0.2) is 4.79 Å². The SMILES string of the molecule is CCc1ccccc1CNCCNC(=O)OC(C)(C)C. The van der Waals surface area contributed by atoms with Gasteiger partial charge in [0.25, 0.3) is 0 Å². The summed E-state index contributed by atoms with van der Waals surface area (Å²) < 4.78 is 5.16. The van der Waals surface area contributed by atoms with Gasteiger partial charge in [-0.1, -0.05) is 31.2 Å². The standard InChI is InChI=1S/C16H26N2O2/c1-5-13-8-6-7-9-14(13)12-17-10-11-18-15(19)20-16(2,3)4/h6-9,17H,5,10-12H2,1-4H3,(H,18,19). The quantitative estimate of drug-likeness (QED) is 0.787. The summed E-state index contributed by atoms with van der Waals surface area (Å²) in [6.07, 6.45) is 0.668. The second kappa shape index (κ2) is 7.90. The smallest absolute Gasteiger partial charge is 0.407 e. The van der Waals surface area contributed by atoms with Crippen LogP contribution in [-0.2, 0) is 17.7 Å². The van der Waals surface area contributed by atoms with E-state index in [1.807, 2.05) is 20.8 Å². The Balaban J connectivity index is 2.21. The van der Waals surface area contributed by atoms with Crippen molar-refractivity contribution < 1.29 is 9.53 Å². The first-order valence-corrected chi connectivity index (χ1v) is 7.16. The first kappa shape index (κ1) is 16.5. The number of ether oxygens (including phenoxy) is 1. The molecule has 0 unspecified atom stereocenters. The van der Waals surface area contributed by atoms with Crippen molar-refractivity contribution in [3.05, 3.63) is 35.4 Å². The Hall–Kier alpha value is -1.55. The van der Waals surface area contributed by atoms with E-state index in [4.69, 9.17) is 4.74 Å². The van der Waals surface area contributed by atoms with E-state index >= 15 is 0 Å². The average Bonchev–Trinajstić information content (AvgIpc) is 2.36. The van der Waals surface area contributed by atoms with Gasteiger partial charge in [-0.2, -0.15) is 0 Å². The number of amides is 1. The predicted molar refractivity (Wildman–Crippen MR) is 81.8 cm³/mol. The Bertz CT molecular complexity index is 425. The molecule has 1 aromatic rings. The molecule has 4 nitrogen and oxygen atoms in total. The van der Waals surface area contributed by atoms with Crippen LogP contribution in [0.15, 0.2) is 24.3 Å². The van der Waals surface area contributed by atoms with Crippen LogP contribution in [0.4, 0.5) is 4.79 Å². The van der Waals surface area contributed by atoms with Gasteiger partial charge < -0.3 is 15.4 Å². The fourth-order valence-electron chi connectivity index (χ4n) is 1.87. The van der Waals surface area contributed by atoms with Crippen molar-refractivity contribution in [1.29, 1.82) is 0 Å². The number of aryl methyl sites for hydroxylation is 1. The Morgan fingerprint density at radius 1 is 1.15 bits per heavy atom. The zero-order valence-electron chi connectivity index (χ0n) is 13.0. The molecule has 0 aliphatic carbocycles. The summed E-state index contributed by atoms with van der Waals surface area (Å²) in [4.78, 5) is 11.4. The van der Waals surface area contributed by atoms with Crippen LogP contribution in [0.2, 0.25) is 0 Å². The number of carbonyl (C=O) groups is 1. The van der Waals surface area contributed by atoms with E-state index in [9.17, 15) is 4.79 Å². The van der Waals surface area contributed by atoms with Crippen LogP contribution in [0.25, 0.3) is 0 Å². The predicted octanol–water partition coefficient (Wildman–Crippen LogP) is 2.86. The van der Waals surface area contributed by atoms with Crippen molar-refractivity contribution in [2.24, 2.45) is 0 Å². The molecule has 0 aliphatic heterocycles. The van der Waals surface area contributed by atoms with Crippen molar-refractivity contribution in [2.45, 2.75) is 46.3 Å². The number of carbonyl (C=O) groups excluding carboxylic acids is 1. The zero-order valence-corrected chi connectivity index (χ0v) is 13.0. The van der Waals surface area contributed by atoms with Crippen molar-refractivity contribution in [3.8, 4) is 0 Å². The Labute approximate surface area is 121 Å². The van der Waals surface area contributed by atoms with E-state index in [0.29, 0.717) is 6.54 Å². The van der Waals surface area contributed by atoms with Gasteiger partial charge >= 0.3 is 6.09 Å². The fraction of sp³-hybridized carbons (Fsp3) is 0.562. The maximum absolute atomic E-state index is 11.4. The molecule has 112 valence electrons. The van der Waals surface area contributed by atoms with Gasteiger partial charge in [0.1, 0.15) is 5.60 Å². The number of alkyl carbamates (subject to hydrolysis) is 1. The number of nitrogens with one attached hydrogen (secondary N) is 2. The summed E-state index contributed by atoms with van der Waals surface area (Å²) in [5.41, 5.74) is 2.23. The molecule has 0 saturated heterocycles. The third kappa shape index (κ3) is 6.57. The van der Waals surface area contributed by atoms with Crippen LogP contribution >= 0.6 is 0 Å². The molecule has 1 aromatic carbocycles. The van der Waals surface area contributed by atoms with E-state index in [0.717, 1.165) is 19.5 Å². The largest absolute Gasteiger partial charge is 0.444 e. The Morgan fingerprint density at radius 3 is 2.40 bits per heavy atom. The monoisotopic (exact) mass is 278 g/mol. The van der Waals surface area contributed by atoms with Gasteiger partial charge in [-0.15, -0.1) is 0 Å². The molecule has 4 heteroatoms. The van der Waals surface area contributed by atoms with E-state index in [-0.39, 0.29) is 6.09 Å². The van der Waals surface area contributed by atoms with Crippen LogP contribution in [0.5, 0.6) is 0 Å². The number of rotatable bonds is 6. The second-order valence-electron chi connectivity index (χ2n) is 5.73. The molecular formula is C16H26N2O2. The van der Waals surface area contributed by atoms with Gasteiger partial charge in [0.15, 0.2) is 0 Å². The molecule has 2 N–H and O–H groups in total. The first-order chi connectivity index (χ1) is 9.42. The van der Waals surface area contributed by atoms with Gasteiger partial charge in [-0.3, -0.25) is 0 Å². The lowest BCUT2D eigenvalue weighted by molar-refractivity contribution is 0.0528. The number of benzene rings is 1. The maximum Gasteiger partial charge on any atom is 0.407 e. The lowest BCUT2D eigenvalue weighted by Crippen LogP contribution is -2.36. The lowest BCUT2D eigenvalue weighted by atomic mass is 10.1. The summed E-state index contributed by atoms with van der Waals surface area (Å²) in [6, 6.07) is 8.39. The van der Waals surface area contributed by atoms with E-state index in [2.05, 4.69) is 41.8 Å². The van der Waals surface area contributed by atoms with E-state index in [1.54, 1.807) is 0 Å². The van der Waals surface area contributed by atoms with Gasteiger partial charge in [-0.05, 0) is 38.3 Å². The minimum Gasteiger partial charge on any atom is -0.444 e. The van der Waals surface area contributed by atoms with Gasteiger partial charge in [0.2, 0.25) is 0 Å². The third-order valence-electron chi connectivity index (χ3n) is 2.78. The normalized spacial score (nSPS) is 11.2. The molecule has 0 aromatic heterocycles. The summed E-state index contributed by atoms with van der Waals surface area (Å²) in [6.45, 7) is 9.81. The summed E-state index contributed by atoms with van der Waals surface area (Å²) in [5.74, 6) is 0. The van der Waals surface area contributed by atoms with Crippen LogP contribution in [0, 0.1) is 0 Å². The Morgan fingerprint density at radius 2 is 1.80 bits per heavy atom. The van der Waals surface area contributed by atoms with Crippen LogP contribution in [-0.4, -0.2) is 24.8 Å². The molecule has 0 fully saturated rings. The molecule has 0 atom stereocenters. The highest BCUT2D eigenvalue weighted by Crippen LogP contribution is 2.08. The summed E-state index contributed by atoms with van der Waals surface area (Å²) in [7, 11) is 0. The average molecular weight is 278 g/mol. The minimum absolute atomic E-state index is 0.367. The molecule has 0 radical (unpaired) electrons. The molecular weight excluding hydrogens is 252 g/mol. The van der Waals surface area contributed by atoms with Gasteiger partial charge in [0, 0.05) is 19.6 Å². The first-order valence-electron chi connectivity index (χ1n) is 7.16. The topological polar surface area (TPSA) is 50.4 Å².